The quantitative estimate of drug-likeness (QED) is 0.613. The van der Waals surface area contributed by atoms with Gasteiger partial charge < -0.3 is 10.2 Å². The summed E-state index contributed by atoms with van der Waals surface area (Å²) in [7, 11) is 0. The molecule has 0 saturated heterocycles. The number of nitrogens with zero attached hydrogens (tertiary/aromatic N) is 3. The highest BCUT2D eigenvalue weighted by Crippen LogP contribution is 2.22. The molecule has 3 aromatic rings. The van der Waals surface area contributed by atoms with Crippen molar-refractivity contribution in [3.05, 3.63) is 47.7 Å². The molecule has 0 spiro atoms. The van der Waals surface area contributed by atoms with E-state index in [1.165, 1.54) is 25.2 Å². The molecule has 5 heteroatoms. The Morgan fingerprint density at radius 2 is 1.88 bits per heavy atom. The number of aromatic nitrogens is 3. The molecule has 0 aliphatic heterocycles. The molecule has 138 valence electrons. The van der Waals surface area contributed by atoms with Gasteiger partial charge in [-0.2, -0.15) is 9.61 Å². The highest BCUT2D eigenvalue weighted by Gasteiger charge is 2.10. The van der Waals surface area contributed by atoms with Crippen molar-refractivity contribution >= 4 is 11.5 Å². The summed E-state index contributed by atoms with van der Waals surface area (Å²) < 4.78 is 1.93. The fourth-order valence-electron chi connectivity index (χ4n) is 3.33. The molecule has 0 amide bonds. The Labute approximate surface area is 156 Å². The van der Waals surface area contributed by atoms with E-state index in [1.54, 1.807) is 4.90 Å². The summed E-state index contributed by atoms with van der Waals surface area (Å²) in [5, 5.41) is 8.35. The summed E-state index contributed by atoms with van der Waals surface area (Å²) in [5.41, 5.74) is 5.22. The van der Waals surface area contributed by atoms with Crippen LogP contribution in [0.25, 0.3) is 16.9 Å². The summed E-state index contributed by atoms with van der Waals surface area (Å²) in [5.74, 6) is 1.01. The van der Waals surface area contributed by atoms with Gasteiger partial charge in [0.2, 0.25) is 0 Å². The minimum atomic E-state index is 0.887. The minimum Gasteiger partial charge on any atom is -0.370 e. The Morgan fingerprint density at radius 1 is 1.08 bits per heavy atom. The van der Waals surface area contributed by atoms with Crippen LogP contribution in [0.5, 0.6) is 0 Å². The number of benzene rings is 1. The molecular formula is C21H30N5+. The summed E-state index contributed by atoms with van der Waals surface area (Å²) in [6, 6.07) is 12.6. The fourth-order valence-corrected chi connectivity index (χ4v) is 3.33. The zero-order valence-corrected chi connectivity index (χ0v) is 16.3. The molecule has 26 heavy (non-hydrogen) atoms. The first-order valence-corrected chi connectivity index (χ1v) is 9.62. The van der Waals surface area contributed by atoms with Crippen LogP contribution in [0.15, 0.2) is 36.4 Å². The lowest BCUT2D eigenvalue weighted by atomic mass is 10.1. The van der Waals surface area contributed by atoms with E-state index in [4.69, 9.17) is 5.10 Å². The Hall–Kier alpha value is -2.40. The fraction of sp³-hybridized carbons (Fsp3) is 0.429. The topological polar surface area (TPSA) is 46.7 Å². The third-order valence-corrected chi connectivity index (χ3v) is 4.88. The van der Waals surface area contributed by atoms with E-state index in [0.29, 0.717) is 0 Å². The molecular weight excluding hydrogens is 322 g/mol. The minimum absolute atomic E-state index is 0.887. The number of rotatable bonds is 8. The van der Waals surface area contributed by atoms with Gasteiger partial charge in [-0.15, -0.1) is 0 Å². The zero-order chi connectivity index (χ0) is 18.5. The molecule has 0 bridgehead atoms. The van der Waals surface area contributed by atoms with Crippen LogP contribution in [0.4, 0.5) is 5.82 Å². The SMILES string of the molecule is CC[NH+](CC)CCCNc1cc(C)nc2cc(-c3cccc(C)c3)nn12. The van der Waals surface area contributed by atoms with E-state index >= 15 is 0 Å². The summed E-state index contributed by atoms with van der Waals surface area (Å²) in [6.45, 7) is 13.2. The van der Waals surface area contributed by atoms with Crippen LogP contribution < -0.4 is 10.2 Å². The second kappa shape index (κ2) is 8.32. The highest BCUT2D eigenvalue weighted by atomic mass is 15.3. The number of aryl methyl sites for hydroxylation is 2. The maximum absolute atomic E-state index is 4.80. The highest BCUT2D eigenvalue weighted by molar-refractivity contribution is 5.66. The molecule has 2 aromatic heterocycles. The zero-order valence-electron chi connectivity index (χ0n) is 16.3. The second-order valence-electron chi connectivity index (χ2n) is 6.94. The van der Waals surface area contributed by atoms with Crippen LogP contribution in [0.2, 0.25) is 0 Å². The van der Waals surface area contributed by atoms with E-state index in [0.717, 1.165) is 41.4 Å². The lowest BCUT2D eigenvalue weighted by Gasteiger charge is -2.15. The van der Waals surface area contributed by atoms with Gasteiger partial charge in [0.05, 0.1) is 25.3 Å². The predicted molar refractivity (Wildman–Crippen MR) is 108 cm³/mol. The molecule has 0 radical (unpaired) electrons. The van der Waals surface area contributed by atoms with Crippen molar-refractivity contribution in [2.45, 2.75) is 34.1 Å². The molecule has 0 fully saturated rings. The Kier molecular flexibility index (Phi) is 5.89. The molecule has 0 atom stereocenters. The maximum atomic E-state index is 4.80. The summed E-state index contributed by atoms with van der Waals surface area (Å²) in [6.07, 6.45) is 1.14. The van der Waals surface area contributed by atoms with Crippen LogP contribution in [0.1, 0.15) is 31.5 Å². The van der Waals surface area contributed by atoms with Crippen molar-refractivity contribution in [2.75, 3.05) is 31.5 Å². The van der Waals surface area contributed by atoms with Crippen molar-refractivity contribution in [1.29, 1.82) is 0 Å². The average molecular weight is 353 g/mol. The lowest BCUT2D eigenvalue weighted by molar-refractivity contribution is -0.896. The molecule has 0 aliphatic rings. The van der Waals surface area contributed by atoms with Gasteiger partial charge in [0, 0.05) is 36.4 Å². The van der Waals surface area contributed by atoms with E-state index in [-0.39, 0.29) is 0 Å². The van der Waals surface area contributed by atoms with E-state index in [9.17, 15) is 0 Å². The molecule has 5 nitrogen and oxygen atoms in total. The molecule has 1 aromatic carbocycles. The standard InChI is InChI=1S/C21H29N5/c1-5-25(6-2)12-8-11-22-20-14-17(4)23-21-15-19(24-26(20)21)18-10-7-9-16(3)13-18/h7,9-10,13-15,22H,5-6,8,11-12H2,1-4H3/p+1. The number of quaternary nitrogens is 1. The van der Waals surface area contributed by atoms with Crippen LogP contribution in [0.3, 0.4) is 0 Å². The largest absolute Gasteiger partial charge is 0.370 e. The Morgan fingerprint density at radius 3 is 2.62 bits per heavy atom. The van der Waals surface area contributed by atoms with Crippen LogP contribution in [0, 0.1) is 13.8 Å². The molecule has 0 unspecified atom stereocenters. The summed E-state index contributed by atoms with van der Waals surface area (Å²) in [4.78, 5) is 6.29. The van der Waals surface area contributed by atoms with Gasteiger partial charge in [0.15, 0.2) is 5.65 Å². The van der Waals surface area contributed by atoms with Crippen molar-refractivity contribution < 1.29 is 4.90 Å². The predicted octanol–water partition coefficient (Wildman–Crippen LogP) is 2.74. The number of hydrogen-bond donors (Lipinski definition) is 2. The number of anilines is 1. The summed E-state index contributed by atoms with van der Waals surface area (Å²) >= 11 is 0. The van der Waals surface area contributed by atoms with Crippen molar-refractivity contribution in [2.24, 2.45) is 0 Å². The van der Waals surface area contributed by atoms with Gasteiger partial charge in [-0.3, -0.25) is 0 Å². The first-order chi connectivity index (χ1) is 12.6. The molecule has 2 heterocycles. The van der Waals surface area contributed by atoms with Gasteiger partial charge in [-0.05, 0) is 33.8 Å². The third kappa shape index (κ3) is 4.22. The van der Waals surface area contributed by atoms with Crippen LogP contribution in [-0.4, -0.2) is 40.8 Å². The first-order valence-electron chi connectivity index (χ1n) is 9.62. The molecule has 3 rings (SSSR count). The molecule has 0 aliphatic carbocycles. The van der Waals surface area contributed by atoms with Gasteiger partial charge in [-0.25, -0.2) is 4.98 Å². The van der Waals surface area contributed by atoms with Crippen molar-refractivity contribution in [1.82, 2.24) is 14.6 Å². The van der Waals surface area contributed by atoms with Gasteiger partial charge in [0.25, 0.3) is 0 Å². The van der Waals surface area contributed by atoms with Crippen LogP contribution in [-0.2, 0) is 0 Å². The van der Waals surface area contributed by atoms with Crippen molar-refractivity contribution in [3.63, 3.8) is 0 Å². The van der Waals surface area contributed by atoms with Crippen LogP contribution >= 0.6 is 0 Å². The Balaban J connectivity index is 1.79. The third-order valence-electron chi connectivity index (χ3n) is 4.88. The van der Waals surface area contributed by atoms with Crippen molar-refractivity contribution in [3.8, 4) is 11.3 Å². The maximum Gasteiger partial charge on any atom is 0.158 e. The van der Waals surface area contributed by atoms with E-state index in [1.807, 2.05) is 11.4 Å². The second-order valence-corrected chi connectivity index (χ2v) is 6.94. The van der Waals surface area contributed by atoms with Gasteiger partial charge >= 0.3 is 0 Å². The van der Waals surface area contributed by atoms with E-state index < -0.39 is 0 Å². The lowest BCUT2D eigenvalue weighted by Crippen LogP contribution is -3.11. The average Bonchev–Trinajstić information content (AvgIpc) is 3.06. The number of hydrogen-bond acceptors (Lipinski definition) is 3. The first kappa shape index (κ1) is 18.4. The Bertz CT molecular complexity index is 864. The normalized spacial score (nSPS) is 11.4. The van der Waals surface area contributed by atoms with Gasteiger partial charge in [-0.1, -0.05) is 23.8 Å². The van der Waals surface area contributed by atoms with Gasteiger partial charge in [0.1, 0.15) is 5.82 Å². The monoisotopic (exact) mass is 352 g/mol. The molecule has 0 saturated carbocycles. The smallest absolute Gasteiger partial charge is 0.158 e. The molecule has 2 N–H and O–H groups in total. The van der Waals surface area contributed by atoms with E-state index in [2.05, 4.69) is 67.5 Å². The number of nitrogens with one attached hydrogen (secondary N) is 2. The number of fused-ring (bicyclic) bond motifs is 1.